The molecule has 0 spiro atoms. The number of aliphatic hydroxyl groups excluding tert-OH is 1. The summed E-state index contributed by atoms with van der Waals surface area (Å²) in [6, 6.07) is 10.4. The molecule has 1 aliphatic carbocycles. The van der Waals surface area contributed by atoms with Gasteiger partial charge in [-0.05, 0) is 60.2 Å². The van der Waals surface area contributed by atoms with Gasteiger partial charge in [0.05, 0.1) is 6.10 Å². The molecule has 4 rings (SSSR count). The third-order valence-corrected chi connectivity index (χ3v) is 5.63. The second kappa shape index (κ2) is 11.1. The molecule has 32 heavy (non-hydrogen) atoms. The SMILES string of the molecule is O=C(O)C1(C(=O)O)Oc2cc3c(cc2O1)C[C@H](NC[C@@H](O)c1cccc(Cl)c1)CC3.[Na].[Na]. The molecule has 1 heterocycles. The zero-order valence-electron chi connectivity index (χ0n) is 17.8. The second-order valence-corrected chi connectivity index (χ2v) is 7.85. The third-order valence-electron chi connectivity index (χ3n) is 5.40. The topological polar surface area (TPSA) is 125 Å². The van der Waals surface area contributed by atoms with Crippen molar-refractivity contribution in [3.63, 3.8) is 0 Å². The molecule has 0 amide bonds. The molecule has 0 unspecified atom stereocenters. The summed E-state index contributed by atoms with van der Waals surface area (Å²) in [6.07, 6.45) is 1.43. The molecule has 2 aromatic carbocycles. The van der Waals surface area contributed by atoms with Crippen LogP contribution in [0.25, 0.3) is 0 Å². The van der Waals surface area contributed by atoms with E-state index in [9.17, 15) is 24.9 Å². The van der Waals surface area contributed by atoms with Gasteiger partial charge in [0.2, 0.25) is 0 Å². The maximum Gasteiger partial charge on any atom is 0.453 e. The standard InChI is InChI=1S/C21H20ClNO7.2Na/c22-14-3-1-2-12(6-14)16(24)10-23-15-5-4-11-8-17-18(9-13(11)7-15)30-21(29-17,19(25)26)20(27)28;;/h1-3,6,8-9,15-16,23-24H,4-5,7,10H2,(H,25,26)(H,27,28);;/t15-,16-;;/m1../s1. The van der Waals surface area contributed by atoms with E-state index in [2.05, 4.69) is 5.32 Å². The summed E-state index contributed by atoms with van der Waals surface area (Å²) in [4.78, 5) is 22.8. The number of hydrogen-bond donors (Lipinski definition) is 4. The van der Waals surface area contributed by atoms with Crippen LogP contribution in [0.4, 0.5) is 0 Å². The fourth-order valence-corrected chi connectivity index (χ4v) is 4.00. The number of fused-ring (bicyclic) bond motifs is 2. The molecule has 0 fully saturated rings. The van der Waals surface area contributed by atoms with Gasteiger partial charge in [-0.15, -0.1) is 0 Å². The second-order valence-electron chi connectivity index (χ2n) is 7.42. The predicted molar refractivity (Wildman–Crippen MR) is 117 cm³/mol. The number of ether oxygens (including phenoxy) is 2. The average molecular weight is 480 g/mol. The molecular weight excluding hydrogens is 460 g/mol. The van der Waals surface area contributed by atoms with Crippen molar-refractivity contribution in [3.8, 4) is 11.5 Å². The number of benzene rings is 2. The number of nitrogens with one attached hydrogen (secondary N) is 1. The molecule has 8 nitrogen and oxygen atoms in total. The predicted octanol–water partition coefficient (Wildman–Crippen LogP) is 1.40. The Morgan fingerprint density at radius 3 is 2.31 bits per heavy atom. The van der Waals surface area contributed by atoms with Crippen LogP contribution in [-0.4, -0.2) is 105 Å². The number of rotatable bonds is 6. The first-order valence-electron chi connectivity index (χ1n) is 9.46. The summed E-state index contributed by atoms with van der Waals surface area (Å²) >= 11 is 5.97. The number of halogens is 1. The van der Waals surface area contributed by atoms with Crippen LogP contribution in [0.3, 0.4) is 0 Å². The van der Waals surface area contributed by atoms with Crippen LogP contribution >= 0.6 is 11.6 Å². The van der Waals surface area contributed by atoms with Gasteiger partial charge in [0.25, 0.3) is 0 Å². The molecule has 2 aromatic rings. The Bertz CT molecular complexity index is 1010. The number of hydrogen-bond acceptors (Lipinski definition) is 6. The van der Waals surface area contributed by atoms with Crippen molar-refractivity contribution < 1.29 is 34.4 Å². The number of carboxylic acid groups (broad SMARTS) is 2. The molecule has 2 aliphatic rings. The van der Waals surface area contributed by atoms with Crippen molar-refractivity contribution in [2.24, 2.45) is 0 Å². The van der Waals surface area contributed by atoms with Gasteiger partial charge in [-0.25, -0.2) is 9.59 Å². The van der Waals surface area contributed by atoms with E-state index in [-0.39, 0.29) is 76.7 Å². The van der Waals surface area contributed by atoms with E-state index in [1.54, 1.807) is 30.3 Å². The molecule has 11 heteroatoms. The van der Waals surface area contributed by atoms with Gasteiger partial charge in [0.15, 0.2) is 11.5 Å². The minimum atomic E-state index is -2.76. The fourth-order valence-electron chi connectivity index (χ4n) is 3.80. The Labute approximate surface area is 233 Å². The fraction of sp³-hybridized carbons (Fsp3) is 0.333. The summed E-state index contributed by atoms with van der Waals surface area (Å²) in [6.45, 7) is 0.353. The summed E-state index contributed by atoms with van der Waals surface area (Å²) < 4.78 is 10.4. The van der Waals surface area contributed by atoms with Crippen molar-refractivity contribution >= 4 is 82.7 Å². The molecule has 2 atom stereocenters. The Hall–Kier alpha value is -0.810. The van der Waals surface area contributed by atoms with Crippen molar-refractivity contribution in [1.29, 1.82) is 0 Å². The Morgan fingerprint density at radius 2 is 1.72 bits per heavy atom. The first-order chi connectivity index (χ1) is 14.3. The Morgan fingerprint density at radius 1 is 1.09 bits per heavy atom. The number of aliphatic carboxylic acids is 2. The summed E-state index contributed by atoms with van der Waals surface area (Å²) in [5.74, 6) is -6.00. The molecule has 0 aromatic heterocycles. The van der Waals surface area contributed by atoms with Gasteiger partial charge in [-0.1, -0.05) is 23.7 Å². The average Bonchev–Trinajstić information content (AvgIpc) is 3.10. The first-order valence-corrected chi connectivity index (χ1v) is 9.84. The van der Waals surface area contributed by atoms with E-state index in [0.717, 1.165) is 23.1 Å². The molecule has 4 N–H and O–H groups in total. The van der Waals surface area contributed by atoms with Crippen LogP contribution in [0, 0.1) is 0 Å². The van der Waals surface area contributed by atoms with Gasteiger partial charge in [-0.2, -0.15) is 0 Å². The third kappa shape index (κ3) is 5.46. The Kier molecular flexibility index (Phi) is 9.50. The van der Waals surface area contributed by atoms with Gasteiger partial charge in [-0.3, -0.25) is 0 Å². The zero-order valence-corrected chi connectivity index (χ0v) is 22.6. The minimum Gasteiger partial charge on any atom is -0.475 e. The van der Waals surface area contributed by atoms with Gasteiger partial charge < -0.3 is 30.1 Å². The Balaban J connectivity index is 0.00000181. The minimum absolute atomic E-state index is 0. The summed E-state index contributed by atoms with van der Waals surface area (Å²) in [5, 5.41) is 32.8. The molecule has 0 saturated carbocycles. The smallest absolute Gasteiger partial charge is 0.453 e. The number of carboxylic acids is 2. The molecule has 2 radical (unpaired) electrons. The van der Waals surface area contributed by atoms with Crippen LogP contribution in [0.5, 0.6) is 11.5 Å². The van der Waals surface area contributed by atoms with Gasteiger partial charge >= 0.3 is 17.7 Å². The van der Waals surface area contributed by atoms with E-state index in [1.807, 2.05) is 6.07 Å². The van der Waals surface area contributed by atoms with Crippen LogP contribution in [0.2, 0.25) is 5.02 Å². The molecule has 1 aliphatic heterocycles. The summed E-state index contributed by atoms with van der Waals surface area (Å²) in [5.41, 5.74) is 2.61. The van der Waals surface area contributed by atoms with E-state index in [0.29, 0.717) is 24.4 Å². The number of aryl methyl sites for hydroxylation is 1. The normalized spacial score (nSPS) is 18.5. The van der Waals surface area contributed by atoms with E-state index in [1.165, 1.54) is 0 Å². The molecule has 0 bridgehead atoms. The quantitative estimate of drug-likeness (QED) is 0.362. The van der Waals surface area contributed by atoms with Gasteiger partial charge in [0, 0.05) is 76.7 Å². The maximum absolute atomic E-state index is 11.4. The van der Waals surface area contributed by atoms with Crippen molar-refractivity contribution in [3.05, 3.63) is 58.1 Å². The van der Waals surface area contributed by atoms with Crippen molar-refractivity contribution in [1.82, 2.24) is 5.32 Å². The van der Waals surface area contributed by atoms with Crippen LogP contribution < -0.4 is 14.8 Å². The van der Waals surface area contributed by atoms with Crippen LogP contribution in [0.1, 0.15) is 29.2 Å². The summed E-state index contributed by atoms with van der Waals surface area (Å²) in [7, 11) is 0. The van der Waals surface area contributed by atoms with Crippen molar-refractivity contribution in [2.45, 2.75) is 37.2 Å². The monoisotopic (exact) mass is 479 g/mol. The largest absolute Gasteiger partial charge is 0.475 e. The first kappa shape index (κ1) is 27.4. The maximum atomic E-state index is 11.4. The van der Waals surface area contributed by atoms with E-state index in [4.69, 9.17) is 21.1 Å². The van der Waals surface area contributed by atoms with Gasteiger partial charge in [0.1, 0.15) is 0 Å². The molecule has 0 saturated heterocycles. The van der Waals surface area contributed by atoms with Crippen LogP contribution in [-0.2, 0) is 22.4 Å². The number of aliphatic hydroxyl groups is 1. The van der Waals surface area contributed by atoms with E-state index < -0.39 is 23.8 Å². The van der Waals surface area contributed by atoms with Crippen molar-refractivity contribution in [2.75, 3.05) is 6.54 Å². The van der Waals surface area contributed by atoms with E-state index >= 15 is 0 Å². The van der Waals surface area contributed by atoms with Crippen LogP contribution in [0.15, 0.2) is 36.4 Å². The molecular formula is C21H20ClNNa2O7. The zero-order chi connectivity index (χ0) is 21.5. The number of carbonyl (C=O) groups is 2. The molecule has 160 valence electrons.